The number of carbonyl (C=O) groups is 2. The molecule has 1 aromatic heterocycles. The van der Waals surface area contributed by atoms with Crippen LogP contribution in [0.5, 0.6) is 0 Å². The number of nitrogens with zero attached hydrogens (tertiary/aromatic N) is 3. The molecule has 0 atom stereocenters. The van der Waals surface area contributed by atoms with Gasteiger partial charge < -0.3 is 9.80 Å². The lowest BCUT2D eigenvalue weighted by atomic mass is 10.1. The topological polar surface area (TPSA) is 53.5 Å². The smallest absolute Gasteiger partial charge is 0.255 e. The molecule has 0 radical (unpaired) electrons. The first kappa shape index (κ1) is 15.7. The van der Waals surface area contributed by atoms with E-state index in [4.69, 9.17) is 0 Å². The Morgan fingerprint density at radius 2 is 1.43 bits per heavy atom. The third kappa shape index (κ3) is 3.59. The van der Waals surface area contributed by atoms with Gasteiger partial charge >= 0.3 is 0 Å². The molecule has 2 aromatic rings. The Kier molecular flexibility index (Phi) is 4.71. The number of amides is 2. The number of halogens is 1. The van der Waals surface area contributed by atoms with E-state index in [1.807, 2.05) is 30.3 Å². The van der Waals surface area contributed by atoms with Gasteiger partial charge in [0.05, 0.1) is 5.56 Å². The van der Waals surface area contributed by atoms with Crippen molar-refractivity contribution in [1.29, 1.82) is 0 Å². The van der Waals surface area contributed by atoms with Crippen LogP contribution in [0.15, 0.2) is 53.3 Å². The van der Waals surface area contributed by atoms with Crippen LogP contribution in [0, 0.1) is 0 Å². The number of aromatic nitrogens is 1. The molecule has 0 N–H and O–H groups in total. The number of pyridine rings is 1. The van der Waals surface area contributed by atoms with Gasteiger partial charge in [-0.3, -0.25) is 14.6 Å². The van der Waals surface area contributed by atoms with E-state index in [0.29, 0.717) is 37.3 Å². The molecular weight excluding hydrogens is 358 g/mol. The van der Waals surface area contributed by atoms with Crippen molar-refractivity contribution < 1.29 is 9.59 Å². The normalized spacial score (nSPS) is 14.7. The minimum Gasteiger partial charge on any atom is -0.335 e. The summed E-state index contributed by atoms with van der Waals surface area (Å²) in [5.41, 5.74) is 1.24. The van der Waals surface area contributed by atoms with Gasteiger partial charge in [0.15, 0.2) is 0 Å². The summed E-state index contributed by atoms with van der Waals surface area (Å²) < 4.78 is 0.779. The second-order valence-electron chi connectivity index (χ2n) is 5.34. The zero-order valence-corrected chi connectivity index (χ0v) is 14.1. The molecule has 1 saturated heterocycles. The standard InChI is InChI=1S/C17H16BrN3O2/c18-15-10-14(11-19-12-15)17(23)21-8-6-20(7-9-21)16(22)13-4-2-1-3-5-13/h1-5,10-12H,6-9H2. The van der Waals surface area contributed by atoms with Crippen molar-refractivity contribution >= 4 is 27.7 Å². The first-order valence-corrected chi connectivity index (χ1v) is 8.18. The number of rotatable bonds is 2. The monoisotopic (exact) mass is 373 g/mol. The first-order chi connectivity index (χ1) is 11.1. The van der Waals surface area contributed by atoms with Gasteiger partial charge in [-0.2, -0.15) is 0 Å². The molecule has 1 fully saturated rings. The largest absolute Gasteiger partial charge is 0.335 e. The van der Waals surface area contributed by atoms with Crippen molar-refractivity contribution in [2.45, 2.75) is 0 Å². The minimum atomic E-state index is -0.0504. The second-order valence-corrected chi connectivity index (χ2v) is 6.26. The molecule has 1 aromatic carbocycles. The van der Waals surface area contributed by atoms with Crippen LogP contribution in [-0.4, -0.2) is 52.8 Å². The molecule has 3 rings (SSSR count). The summed E-state index contributed by atoms with van der Waals surface area (Å²) in [5.74, 6) is -0.0348. The molecule has 1 aliphatic heterocycles. The SMILES string of the molecule is O=C(c1ccccc1)N1CCN(C(=O)c2cncc(Br)c2)CC1. The Bertz CT molecular complexity index is 713. The Morgan fingerprint density at radius 1 is 0.870 bits per heavy atom. The van der Waals surface area contributed by atoms with E-state index in [2.05, 4.69) is 20.9 Å². The van der Waals surface area contributed by atoms with E-state index < -0.39 is 0 Å². The zero-order valence-electron chi connectivity index (χ0n) is 12.5. The van der Waals surface area contributed by atoms with E-state index in [0.717, 1.165) is 4.47 Å². The van der Waals surface area contributed by atoms with Crippen molar-refractivity contribution in [3.63, 3.8) is 0 Å². The molecule has 2 amide bonds. The molecule has 2 heterocycles. The zero-order chi connectivity index (χ0) is 16.2. The molecule has 118 valence electrons. The van der Waals surface area contributed by atoms with E-state index in [9.17, 15) is 9.59 Å². The number of piperazine rings is 1. The highest BCUT2D eigenvalue weighted by molar-refractivity contribution is 9.10. The second kappa shape index (κ2) is 6.91. The molecule has 1 aliphatic rings. The fourth-order valence-corrected chi connectivity index (χ4v) is 2.95. The number of hydrogen-bond acceptors (Lipinski definition) is 3. The summed E-state index contributed by atoms with van der Waals surface area (Å²) in [7, 11) is 0. The van der Waals surface area contributed by atoms with Crippen molar-refractivity contribution in [2.75, 3.05) is 26.2 Å². The molecule has 0 unspecified atom stereocenters. The van der Waals surface area contributed by atoms with Crippen molar-refractivity contribution in [3.8, 4) is 0 Å². The van der Waals surface area contributed by atoms with Gasteiger partial charge in [0.1, 0.15) is 0 Å². The average molecular weight is 374 g/mol. The highest BCUT2D eigenvalue weighted by Gasteiger charge is 2.25. The van der Waals surface area contributed by atoms with E-state index in [1.54, 1.807) is 28.3 Å². The highest BCUT2D eigenvalue weighted by atomic mass is 79.9. The van der Waals surface area contributed by atoms with E-state index in [-0.39, 0.29) is 11.8 Å². The lowest BCUT2D eigenvalue weighted by molar-refractivity contribution is 0.0535. The maximum absolute atomic E-state index is 12.5. The van der Waals surface area contributed by atoms with Gasteiger partial charge in [-0.05, 0) is 34.1 Å². The summed E-state index contributed by atoms with van der Waals surface area (Å²) in [5, 5.41) is 0. The summed E-state index contributed by atoms with van der Waals surface area (Å²) >= 11 is 3.32. The predicted molar refractivity (Wildman–Crippen MR) is 90.2 cm³/mol. The highest BCUT2D eigenvalue weighted by Crippen LogP contribution is 2.14. The molecule has 0 saturated carbocycles. The van der Waals surface area contributed by atoms with Crippen LogP contribution >= 0.6 is 15.9 Å². The van der Waals surface area contributed by atoms with Crippen molar-refractivity contribution in [1.82, 2.24) is 14.8 Å². The van der Waals surface area contributed by atoms with Gasteiger partial charge in [-0.1, -0.05) is 18.2 Å². The first-order valence-electron chi connectivity index (χ1n) is 7.39. The number of carbonyl (C=O) groups excluding carboxylic acids is 2. The summed E-state index contributed by atoms with van der Waals surface area (Å²) in [6, 6.07) is 11.0. The molecule has 0 bridgehead atoms. The third-order valence-corrected chi connectivity index (χ3v) is 4.26. The minimum absolute atomic E-state index is 0.0156. The van der Waals surface area contributed by atoms with E-state index in [1.165, 1.54) is 0 Å². The van der Waals surface area contributed by atoms with Gasteiger partial charge in [-0.15, -0.1) is 0 Å². The maximum Gasteiger partial charge on any atom is 0.255 e. The third-order valence-electron chi connectivity index (χ3n) is 3.83. The Labute approximate surface area is 143 Å². The molecule has 0 aliphatic carbocycles. The fraction of sp³-hybridized carbons (Fsp3) is 0.235. The van der Waals surface area contributed by atoms with E-state index >= 15 is 0 Å². The van der Waals surface area contributed by atoms with Crippen molar-refractivity contribution in [3.05, 3.63) is 64.4 Å². The Morgan fingerprint density at radius 3 is 2.00 bits per heavy atom. The maximum atomic E-state index is 12.5. The summed E-state index contributed by atoms with van der Waals surface area (Å²) in [4.78, 5) is 32.4. The van der Waals surface area contributed by atoms with Crippen LogP contribution in [0.2, 0.25) is 0 Å². The van der Waals surface area contributed by atoms with Gasteiger partial charge in [0.25, 0.3) is 11.8 Å². The van der Waals surface area contributed by atoms with Crippen LogP contribution in [0.1, 0.15) is 20.7 Å². The Hall–Kier alpha value is -2.21. The van der Waals surface area contributed by atoms with Crippen LogP contribution in [0.4, 0.5) is 0 Å². The van der Waals surface area contributed by atoms with Crippen molar-refractivity contribution in [2.24, 2.45) is 0 Å². The molecule has 23 heavy (non-hydrogen) atoms. The summed E-state index contributed by atoms with van der Waals surface area (Å²) in [6.45, 7) is 2.15. The fourth-order valence-electron chi connectivity index (χ4n) is 2.59. The summed E-state index contributed by atoms with van der Waals surface area (Å²) in [6.07, 6.45) is 3.21. The van der Waals surface area contributed by atoms with Gasteiger partial charge in [0.2, 0.25) is 0 Å². The molecular formula is C17H16BrN3O2. The number of benzene rings is 1. The molecule has 5 nitrogen and oxygen atoms in total. The molecule has 0 spiro atoms. The molecule has 6 heteroatoms. The average Bonchev–Trinajstić information content (AvgIpc) is 2.61. The Balaban J connectivity index is 1.62. The van der Waals surface area contributed by atoms with Gasteiger partial charge in [0, 0.05) is 48.6 Å². The quantitative estimate of drug-likeness (QED) is 0.812. The van der Waals surface area contributed by atoms with Gasteiger partial charge in [-0.25, -0.2) is 0 Å². The van der Waals surface area contributed by atoms with Crippen LogP contribution in [-0.2, 0) is 0 Å². The number of hydrogen-bond donors (Lipinski definition) is 0. The van der Waals surface area contributed by atoms with Crippen LogP contribution in [0.3, 0.4) is 0 Å². The van der Waals surface area contributed by atoms with Crippen LogP contribution in [0.25, 0.3) is 0 Å². The lowest BCUT2D eigenvalue weighted by Gasteiger charge is -2.34. The van der Waals surface area contributed by atoms with Crippen LogP contribution < -0.4 is 0 Å². The lowest BCUT2D eigenvalue weighted by Crippen LogP contribution is -2.50. The predicted octanol–water partition coefficient (Wildman–Crippen LogP) is 2.44.